The van der Waals surface area contributed by atoms with E-state index in [1.54, 1.807) is 17.8 Å². The summed E-state index contributed by atoms with van der Waals surface area (Å²) in [5.41, 5.74) is 1.25. The average molecular weight is 560 g/mol. The fourth-order valence-electron chi connectivity index (χ4n) is 4.73. The molecule has 0 unspecified atom stereocenters. The first kappa shape index (κ1) is 44.5. The van der Waals surface area contributed by atoms with E-state index in [1.165, 1.54) is 57.8 Å². The molecule has 0 aromatic heterocycles. The Bertz CT molecular complexity index is 395. The van der Waals surface area contributed by atoms with Crippen LogP contribution in [0.15, 0.2) is 0 Å². The third-order valence-electron chi connectivity index (χ3n) is 6.80. The summed E-state index contributed by atoms with van der Waals surface area (Å²) in [4.78, 5) is 0. The van der Waals surface area contributed by atoms with Gasteiger partial charge in [0.2, 0.25) is 0 Å². The molecule has 0 aliphatic heterocycles. The average Bonchev–Trinajstić information content (AvgIpc) is 2.65. The summed E-state index contributed by atoms with van der Waals surface area (Å²) in [6.45, 7) is 41.7. The molecule has 1 heteroatoms. The zero-order valence-corrected chi connectivity index (χ0v) is 30.8. The van der Waals surface area contributed by atoms with Crippen LogP contribution in [-0.4, -0.2) is 0 Å². The van der Waals surface area contributed by atoms with Crippen LogP contribution in [0.5, 0.6) is 0 Å². The molecular formula is C36H75Cr. The maximum absolute atomic E-state index is 2.33. The van der Waals surface area contributed by atoms with Gasteiger partial charge in [0.05, 0.1) is 0 Å². The van der Waals surface area contributed by atoms with E-state index in [9.17, 15) is 0 Å². The summed E-state index contributed by atoms with van der Waals surface area (Å²) in [6, 6.07) is 0. The second kappa shape index (κ2) is 22.2. The summed E-state index contributed by atoms with van der Waals surface area (Å²) >= 11 is 0. The molecule has 0 atom stereocenters. The van der Waals surface area contributed by atoms with Crippen molar-refractivity contribution in [2.24, 2.45) is 34.0 Å². The van der Waals surface area contributed by atoms with Crippen molar-refractivity contribution >= 4 is 0 Å². The fourth-order valence-corrected chi connectivity index (χ4v) is 4.73. The fraction of sp³-hybridized carbons (Fsp3) is 0.917. The molecule has 0 bridgehead atoms. The van der Waals surface area contributed by atoms with Crippen molar-refractivity contribution in [2.75, 3.05) is 0 Å². The summed E-state index contributed by atoms with van der Waals surface area (Å²) in [7, 11) is 0. The number of rotatable bonds is 12. The van der Waals surface area contributed by atoms with E-state index in [0.717, 1.165) is 17.8 Å². The summed E-state index contributed by atoms with van der Waals surface area (Å²) < 4.78 is 0. The van der Waals surface area contributed by atoms with Gasteiger partial charge in [0.15, 0.2) is 0 Å². The first-order valence-electron chi connectivity index (χ1n) is 15.7. The van der Waals surface area contributed by atoms with Crippen molar-refractivity contribution in [3.8, 4) is 0 Å². The molecule has 0 aromatic rings. The van der Waals surface area contributed by atoms with Gasteiger partial charge in [-0.25, -0.2) is 0 Å². The smallest absolute Gasteiger partial charge is 0.308 e. The van der Waals surface area contributed by atoms with E-state index in [-0.39, 0.29) is 17.4 Å². The minimum atomic E-state index is 0. The van der Waals surface area contributed by atoms with Crippen LogP contribution in [0.25, 0.3) is 0 Å². The van der Waals surface area contributed by atoms with Gasteiger partial charge < -0.3 is 17.8 Å². The molecule has 0 fully saturated rings. The van der Waals surface area contributed by atoms with Crippen LogP contribution in [0, 0.1) is 51.8 Å². The molecule has 0 saturated heterocycles. The van der Waals surface area contributed by atoms with Gasteiger partial charge in [0.25, 0.3) is 0 Å². The zero-order chi connectivity index (χ0) is 29.3. The van der Waals surface area contributed by atoms with Gasteiger partial charge in [-0.05, 0) is 0 Å². The van der Waals surface area contributed by atoms with E-state index >= 15 is 0 Å². The molecule has 0 aromatic carbocycles. The van der Waals surface area contributed by atoms with E-state index in [4.69, 9.17) is 0 Å². The summed E-state index contributed by atoms with van der Waals surface area (Å²) in [6.07, 6.45) is 11.7. The molecule has 0 spiro atoms. The normalized spacial score (nSPS) is 12.6. The van der Waals surface area contributed by atoms with Crippen LogP contribution in [0.2, 0.25) is 0 Å². The molecule has 0 aliphatic carbocycles. The van der Waals surface area contributed by atoms with Crippen LogP contribution in [0.4, 0.5) is 0 Å². The Kier molecular flexibility index (Phi) is 26.8. The molecular weight excluding hydrogens is 484 g/mol. The minimum absolute atomic E-state index is 0. The van der Waals surface area contributed by atoms with Gasteiger partial charge in [0, 0.05) is 0 Å². The van der Waals surface area contributed by atoms with Crippen LogP contribution in [0.1, 0.15) is 182 Å². The predicted molar refractivity (Wildman–Crippen MR) is 171 cm³/mol. The number of hydrogen-bond donors (Lipinski definition) is 0. The third-order valence-corrected chi connectivity index (χ3v) is 6.80. The van der Waals surface area contributed by atoms with Crippen molar-refractivity contribution < 1.29 is 17.4 Å². The van der Waals surface area contributed by atoms with E-state index in [0.29, 0.717) is 16.2 Å². The standard InChI is InChI=1S/3C12H25.Cr/c3*1-7-8-11(9-10(2)3)12(4,5)6;/h3*10H,7-9H2,1-6H3;/q3*-1;+3. The monoisotopic (exact) mass is 560 g/mol. The topological polar surface area (TPSA) is 0 Å². The first-order valence-corrected chi connectivity index (χ1v) is 15.7. The quantitative estimate of drug-likeness (QED) is 0.209. The first-order chi connectivity index (χ1) is 16.1. The van der Waals surface area contributed by atoms with E-state index in [1.807, 2.05) is 0 Å². The molecule has 0 N–H and O–H groups in total. The maximum Gasteiger partial charge on any atom is 3.00 e. The largest absolute Gasteiger partial charge is 3.00 e. The second-order valence-corrected chi connectivity index (χ2v) is 15.6. The number of hydrogen-bond acceptors (Lipinski definition) is 0. The Balaban J connectivity index is -0.000000218. The Morgan fingerprint density at radius 3 is 0.649 bits per heavy atom. The van der Waals surface area contributed by atoms with Gasteiger partial charge in [-0.3, -0.25) is 0 Å². The Morgan fingerprint density at radius 1 is 0.405 bits per heavy atom. The van der Waals surface area contributed by atoms with Crippen molar-refractivity contribution in [1.82, 2.24) is 0 Å². The second-order valence-electron chi connectivity index (χ2n) is 15.6. The predicted octanol–water partition coefficient (Wildman–Crippen LogP) is 13.4. The molecule has 0 nitrogen and oxygen atoms in total. The van der Waals surface area contributed by atoms with Gasteiger partial charge >= 0.3 is 17.4 Å². The van der Waals surface area contributed by atoms with Gasteiger partial charge in [-0.15, -0.1) is 0 Å². The third kappa shape index (κ3) is 27.9. The van der Waals surface area contributed by atoms with E-state index < -0.39 is 0 Å². The SMILES string of the molecule is CCC[C-](CC(C)C)C(C)(C)C.CCC[C-](CC(C)C)C(C)(C)C.CCC[C-](CC(C)C)C(C)(C)C.[Cr+3]. The minimum Gasteiger partial charge on any atom is -0.308 e. The van der Waals surface area contributed by atoms with Crippen molar-refractivity contribution in [2.45, 2.75) is 182 Å². The van der Waals surface area contributed by atoms with Crippen LogP contribution in [-0.2, 0) is 17.4 Å². The Labute approximate surface area is 250 Å². The molecule has 1 radical (unpaired) electrons. The van der Waals surface area contributed by atoms with E-state index in [2.05, 4.69) is 125 Å². The molecule has 0 aliphatic rings. The molecule has 0 heterocycles. The van der Waals surface area contributed by atoms with Gasteiger partial charge in [-0.2, -0.15) is 54.8 Å². The molecule has 37 heavy (non-hydrogen) atoms. The van der Waals surface area contributed by atoms with Gasteiger partial charge in [-0.1, -0.05) is 162 Å². The Hall–Kier alpha value is 0.532. The van der Waals surface area contributed by atoms with Crippen LogP contribution >= 0.6 is 0 Å². The molecule has 0 saturated carbocycles. The zero-order valence-electron chi connectivity index (χ0n) is 29.5. The molecule has 225 valence electrons. The molecule has 0 rings (SSSR count). The maximum atomic E-state index is 2.33. The summed E-state index contributed by atoms with van der Waals surface area (Å²) in [5, 5.41) is 0. The van der Waals surface area contributed by atoms with Crippen LogP contribution in [0.3, 0.4) is 0 Å². The van der Waals surface area contributed by atoms with Gasteiger partial charge in [0.1, 0.15) is 0 Å². The summed E-state index contributed by atoms with van der Waals surface area (Å²) in [5.74, 6) is 7.64. The van der Waals surface area contributed by atoms with Crippen molar-refractivity contribution in [3.05, 3.63) is 17.8 Å². The van der Waals surface area contributed by atoms with Crippen molar-refractivity contribution in [3.63, 3.8) is 0 Å². The molecule has 0 amide bonds. The van der Waals surface area contributed by atoms with Crippen molar-refractivity contribution in [1.29, 1.82) is 0 Å². The Morgan fingerprint density at radius 2 is 0.568 bits per heavy atom. The van der Waals surface area contributed by atoms with Crippen LogP contribution < -0.4 is 0 Å².